The van der Waals surface area contributed by atoms with Crippen molar-refractivity contribution < 1.29 is 14.2 Å². The molecule has 0 aromatic heterocycles. The lowest BCUT2D eigenvalue weighted by Gasteiger charge is -2.17. The summed E-state index contributed by atoms with van der Waals surface area (Å²) in [4.78, 5) is 16.2. The van der Waals surface area contributed by atoms with Crippen LogP contribution in [-0.2, 0) is 14.2 Å². The highest BCUT2D eigenvalue weighted by Crippen LogP contribution is 2.63. The minimum atomic E-state index is -3.04. The minimum absolute atomic E-state index is 0.346. The van der Waals surface area contributed by atoms with Gasteiger partial charge >= 0.3 is 0 Å². The van der Waals surface area contributed by atoms with E-state index in [-0.39, 0.29) is 5.91 Å². The van der Waals surface area contributed by atoms with Crippen LogP contribution in [0, 0.1) is 0 Å². The average Bonchev–Trinajstić information content (AvgIpc) is 2.52. The molecule has 1 amide bonds. The van der Waals surface area contributed by atoms with Crippen LogP contribution in [-0.4, -0.2) is 27.7 Å². The molecular weight excluding hydrogens is 205 g/mol. The van der Waals surface area contributed by atoms with Crippen molar-refractivity contribution in [2.75, 3.05) is 0 Å². The molecule has 2 heterocycles. The van der Waals surface area contributed by atoms with Gasteiger partial charge in [0.25, 0.3) is 7.29 Å². The third kappa shape index (κ3) is 0.917. The fraction of sp³-hybridized carbons (Fsp3) is 0.571. The summed E-state index contributed by atoms with van der Waals surface area (Å²) in [5, 5.41) is 7.58. The molecule has 0 aliphatic carbocycles. The van der Waals surface area contributed by atoms with E-state index in [2.05, 4.69) is 10.3 Å². The number of carbonyl (C=O) groups excluding carboxylic acids is 1. The molecule has 0 N–H and O–H groups in total. The maximum atomic E-state index is 12.4. The number of hydrazone groups is 1. The third-order valence-corrected chi connectivity index (χ3v) is 5.29. The summed E-state index contributed by atoms with van der Waals surface area (Å²) in [7, 11) is -3.04. The normalized spacial score (nSPS) is 34.8. The number of oxime groups is 1. The topological polar surface area (TPSA) is 71.3 Å². The number of carbonyl (C=O) groups is 1. The molecule has 76 valence electrons. The Labute approximate surface area is 81.0 Å². The van der Waals surface area contributed by atoms with Crippen LogP contribution in [0.2, 0.25) is 0 Å². The van der Waals surface area contributed by atoms with E-state index in [9.17, 15) is 9.36 Å². The lowest BCUT2D eigenvalue weighted by Crippen LogP contribution is -2.22. The first-order valence-corrected chi connectivity index (χ1v) is 5.88. The summed E-state index contributed by atoms with van der Waals surface area (Å²) >= 11 is 0. The predicted molar refractivity (Wildman–Crippen MR) is 51.2 cm³/mol. The van der Waals surface area contributed by atoms with Crippen LogP contribution in [0.15, 0.2) is 10.3 Å². The lowest BCUT2D eigenvalue weighted by atomic mass is 10.5. The second-order valence-corrected chi connectivity index (χ2v) is 6.01. The highest BCUT2D eigenvalue weighted by atomic mass is 31.2. The van der Waals surface area contributed by atoms with Crippen molar-refractivity contribution in [3.8, 4) is 0 Å². The Morgan fingerprint density at radius 1 is 1.57 bits per heavy atom. The van der Waals surface area contributed by atoms with Gasteiger partial charge in [-0.15, -0.1) is 0 Å². The Morgan fingerprint density at radius 3 is 2.79 bits per heavy atom. The summed E-state index contributed by atoms with van der Waals surface area (Å²) in [5.41, 5.74) is 0.877. The van der Waals surface area contributed by atoms with E-state index in [0.29, 0.717) is 11.2 Å². The highest BCUT2D eigenvalue weighted by molar-refractivity contribution is 7.81. The van der Waals surface area contributed by atoms with Gasteiger partial charge in [0.15, 0.2) is 0 Å². The largest absolute Gasteiger partial charge is 0.375 e. The molecular formula is C7H10N3O3P. The van der Waals surface area contributed by atoms with E-state index in [0.717, 1.165) is 4.78 Å². The Bertz CT molecular complexity index is 414. The van der Waals surface area contributed by atoms with Crippen LogP contribution in [0.3, 0.4) is 0 Å². The molecule has 2 atom stereocenters. The molecule has 14 heavy (non-hydrogen) atoms. The Kier molecular flexibility index (Phi) is 1.79. The van der Waals surface area contributed by atoms with E-state index < -0.39 is 13.1 Å². The second kappa shape index (κ2) is 2.67. The molecule has 2 aliphatic heterocycles. The fourth-order valence-electron chi connectivity index (χ4n) is 1.53. The molecule has 0 radical (unpaired) electrons. The summed E-state index contributed by atoms with van der Waals surface area (Å²) in [6.45, 7) is 4.59. The summed E-state index contributed by atoms with van der Waals surface area (Å²) in [6, 6.07) is 0. The molecule has 0 aromatic rings. The molecule has 2 aliphatic rings. The number of hydrogen-bond donors (Lipinski definition) is 0. The minimum Gasteiger partial charge on any atom is -0.375 e. The SMILES string of the molecule is CC(=O)N1N=C(C)[C@H]2ON=C(C)[P@]21=O. The molecule has 0 saturated heterocycles. The van der Waals surface area contributed by atoms with Crippen molar-refractivity contribution in [3.63, 3.8) is 0 Å². The molecule has 2 rings (SSSR count). The molecule has 0 unspecified atom stereocenters. The zero-order valence-electron chi connectivity index (χ0n) is 8.09. The summed E-state index contributed by atoms with van der Waals surface area (Å²) in [5.74, 6) is -1.01. The van der Waals surface area contributed by atoms with E-state index in [1.165, 1.54) is 6.92 Å². The quantitative estimate of drug-likeness (QED) is 0.570. The number of amides is 1. The number of rotatable bonds is 0. The fourth-order valence-corrected chi connectivity index (χ4v) is 3.93. The number of nitrogens with zero attached hydrogens (tertiary/aromatic N) is 3. The first kappa shape index (κ1) is 9.40. The van der Waals surface area contributed by atoms with Crippen LogP contribution in [0.5, 0.6) is 0 Å². The molecule has 0 aromatic carbocycles. The summed E-state index contributed by atoms with van der Waals surface area (Å²) in [6.07, 6.45) is 0. The Hall–Kier alpha value is -1.16. The van der Waals surface area contributed by atoms with Gasteiger partial charge in [0, 0.05) is 6.92 Å². The van der Waals surface area contributed by atoms with Crippen LogP contribution in [0.4, 0.5) is 0 Å². The maximum Gasteiger partial charge on any atom is 0.287 e. The molecule has 0 fully saturated rings. The second-order valence-electron chi connectivity index (χ2n) is 3.27. The highest BCUT2D eigenvalue weighted by Gasteiger charge is 2.55. The Balaban J connectivity index is 2.52. The van der Waals surface area contributed by atoms with Gasteiger partial charge in [-0.3, -0.25) is 9.36 Å². The van der Waals surface area contributed by atoms with Gasteiger partial charge in [-0.1, -0.05) is 5.16 Å². The van der Waals surface area contributed by atoms with Crippen LogP contribution in [0.25, 0.3) is 0 Å². The molecule has 6 nitrogen and oxygen atoms in total. The lowest BCUT2D eigenvalue weighted by molar-refractivity contribution is -0.124. The predicted octanol–water partition coefficient (Wildman–Crippen LogP) is 1.19. The van der Waals surface area contributed by atoms with Gasteiger partial charge in [0.05, 0.1) is 5.71 Å². The maximum absolute atomic E-state index is 12.4. The van der Waals surface area contributed by atoms with Gasteiger partial charge in [-0.2, -0.15) is 9.88 Å². The van der Waals surface area contributed by atoms with Crippen LogP contribution >= 0.6 is 7.29 Å². The van der Waals surface area contributed by atoms with Crippen molar-refractivity contribution in [2.24, 2.45) is 10.3 Å². The smallest absolute Gasteiger partial charge is 0.287 e. The van der Waals surface area contributed by atoms with Crippen molar-refractivity contribution in [2.45, 2.75) is 26.6 Å². The van der Waals surface area contributed by atoms with Gasteiger partial charge in [0.2, 0.25) is 11.8 Å². The first-order chi connectivity index (χ1) is 6.48. The molecule has 0 saturated carbocycles. The van der Waals surface area contributed by atoms with E-state index in [4.69, 9.17) is 4.84 Å². The third-order valence-electron chi connectivity index (χ3n) is 2.24. The van der Waals surface area contributed by atoms with Gasteiger partial charge in [0.1, 0.15) is 5.45 Å². The van der Waals surface area contributed by atoms with Crippen LogP contribution in [0.1, 0.15) is 20.8 Å². The zero-order chi connectivity index (χ0) is 10.5. The van der Waals surface area contributed by atoms with Gasteiger partial charge < -0.3 is 4.84 Å². The van der Waals surface area contributed by atoms with Crippen molar-refractivity contribution in [1.29, 1.82) is 0 Å². The standard InChI is InChI=1S/C7H10N3O3P/c1-4-7-13-9-5(2)14(7,12)10(8-4)6(3)11/h7H,1-3H3/t7-,14-/m0/s1. The van der Waals surface area contributed by atoms with Gasteiger partial charge in [-0.05, 0) is 13.8 Å². The number of fused-ring (bicyclic) bond motifs is 1. The average molecular weight is 215 g/mol. The van der Waals surface area contributed by atoms with E-state index in [1.807, 2.05) is 0 Å². The van der Waals surface area contributed by atoms with E-state index >= 15 is 0 Å². The van der Waals surface area contributed by atoms with E-state index in [1.54, 1.807) is 13.8 Å². The van der Waals surface area contributed by atoms with Crippen LogP contribution < -0.4 is 0 Å². The van der Waals surface area contributed by atoms with Crippen molar-refractivity contribution in [1.82, 2.24) is 4.78 Å². The first-order valence-electron chi connectivity index (χ1n) is 4.15. The summed E-state index contributed by atoms with van der Waals surface area (Å²) < 4.78 is 13.4. The molecule has 7 heteroatoms. The molecule has 0 bridgehead atoms. The van der Waals surface area contributed by atoms with Crippen molar-refractivity contribution >= 4 is 24.4 Å². The Morgan fingerprint density at radius 2 is 2.21 bits per heavy atom. The van der Waals surface area contributed by atoms with Crippen molar-refractivity contribution in [3.05, 3.63) is 0 Å². The molecule has 0 spiro atoms. The monoisotopic (exact) mass is 215 g/mol. The number of hydrogen-bond acceptors (Lipinski definition) is 5. The van der Waals surface area contributed by atoms with Gasteiger partial charge in [-0.25, -0.2) is 0 Å². The zero-order valence-corrected chi connectivity index (χ0v) is 8.99.